The van der Waals surface area contributed by atoms with E-state index in [1.807, 2.05) is 17.0 Å². The van der Waals surface area contributed by atoms with E-state index in [4.69, 9.17) is 0 Å². The molecule has 0 atom stereocenters. The van der Waals surface area contributed by atoms with Gasteiger partial charge in [-0.2, -0.15) is 0 Å². The molecule has 2 fully saturated rings. The summed E-state index contributed by atoms with van der Waals surface area (Å²) in [4.78, 5) is 18.5. The molecule has 1 aromatic heterocycles. The van der Waals surface area contributed by atoms with Gasteiger partial charge in [0.15, 0.2) is 0 Å². The van der Waals surface area contributed by atoms with E-state index in [1.54, 1.807) is 6.20 Å². The Morgan fingerprint density at radius 3 is 2.53 bits per heavy atom. The number of amides is 1. The normalized spacial score (nSPS) is 19.9. The molecular formula is C15H21N3O. The maximum Gasteiger partial charge on any atom is 0.255 e. The summed E-state index contributed by atoms with van der Waals surface area (Å²) in [7, 11) is 0. The maximum absolute atomic E-state index is 12.2. The molecule has 1 saturated carbocycles. The predicted octanol–water partition coefficient (Wildman–Crippen LogP) is 2.67. The Balaban J connectivity index is 1.62. The van der Waals surface area contributed by atoms with Crippen molar-refractivity contribution in [2.24, 2.45) is 0 Å². The molecule has 1 aliphatic carbocycles. The van der Waals surface area contributed by atoms with Crippen molar-refractivity contribution in [3.8, 4) is 0 Å². The summed E-state index contributed by atoms with van der Waals surface area (Å²) in [6.45, 7) is 1.78. The molecule has 3 rings (SSSR count). The van der Waals surface area contributed by atoms with Crippen molar-refractivity contribution in [3.63, 3.8) is 0 Å². The Labute approximate surface area is 114 Å². The lowest BCUT2D eigenvalue weighted by Crippen LogP contribution is -2.27. The third kappa shape index (κ3) is 2.88. The molecule has 1 N–H and O–H groups in total. The first-order valence-corrected chi connectivity index (χ1v) is 7.35. The average Bonchev–Trinajstić information content (AvgIpc) is 3.12. The van der Waals surface area contributed by atoms with Gasteiger partial charge in [0.25, 0.3) is 5.91 Å². The van der Waals surface area contributed by atoms with Gasteiger partial charge in [-0.05, 0) is 37.8 Å². The van der Waals surface area contributed by atoms with Crippen molar-refractivity contribution in [1.82, 2.24) is 9.88 Å². The summed E-state index contributed by atoms with van der Waals surface area (Å²) in [5, 5.41) is 3.44. The first-order chi connectivity index (χ1) is 9.33. The smallest absolute Gasteiger partial charge is 0.255 e. The molecule has 0 spiro atoms. The number of likely N-dealkylation sites (tertiary alicyclic amines) is 1. The number of nitrogens with zero attached hydrogens (tertiary/aromatic N) is 2. The minimum absolute atomic E-state index is 0.123. The van der Waals surface area contributed by atoms with E-state index in [0.29, 0.717) is 11.6 Å². The molecule has 2 aliphatic rings. The van der Waals surface area contributed by atoms with Gasteiger partial charge >= 0.3 is 0 Å². The van der Waals surface area contributed by atoms with Gasteiger partial charge in [-0.25, -0.2) is 4.98 Å². The summed E-state index contributed by atoms with van der Waals surface area (Å²) in [6, 6.07) is 4.39. The standard InChI is InChI=1S/C15H21N3O/c19-15(18-9-3-4-10-18)12-7-8-14(16-11-12)17-13-5-1-2-6-13/h7-8,11,13H,1-6,9-10H2,(H,16,17). The molecule has 1 aromatic rings. The Bertz CT molecular complexity index is 431. The van der Waals surface area contributed by atoms with E-state index in [0.717, 1.165) is 31.7 Å². The van der Waals surface area contributed by atoms with Crippen molar-refractivity contribution in [2.75, 3.05) is 18.4 Å². The van der Waals surface area contributed by atoms with Crippen LogP contribution in [0.3, 0.4) is 0 Å². The first-order valence-electron chi connectivity index (χ1n) is 7.35. The van der Waals surface area contributed by atoms with E-state index in [1.165, 1.54) is 25.7 Å². The van der Waals surface area contributed by atoms with E-state index in [2.05, 4.69) is 10.3 Å². The van der Waals surface area contributed by atoms with E-state index >= 15 is 0 Å². The van der Waals surface area contributed by atoms with Gasteiger partial charge in [-0.3, -0.25) is 4.79 Å². The topological polar surface area (TPSA) is 45.2 Å². The Kier molecular flexibility index (Phi) is 3.67. The van der Waals surface area contributed by atoms with Gasteiger partial charge in [-0.1, -0.05) is 12.8 Å². The highest BCUT2D eigenvalue weighted by atomic mass is 16.2. The van der Waals surface area contributed by atoms with Gasteiger partial charge in [-0.15, -0.1) is 0 Å². The molecule has 0 radical (unpaired) electrons. The van der Waals surface area contributed by atoms with Gasteiger partial charge in [0.05, 0.1) is 5.56 Å². The molecular weight excluding hydrogens is 238 g/mol. The third-order valence-electron chi connectivity index (χ3n) is 4.11. The average molecular weight is 259 g/mol. The number of nitrogens with one attached hydrogen (secondary N) is 1. The van der Waals surface area contributed by atoms with Gasteiger partial charge in [0, 0.05) is 25.3 Å². The Morgan fingerprint density at radius 2 is 1.89 bits per heavy atom. The summed E-state index contributed by atoms with van der Waals surface area (Å²) < 4.78 is 0. The van der Waals surface area contributed by atoms with E-state index in [9.17, 15) is 4.79 Å². The largest absolute Gasteiger partial charge is 0.367 e. The molecule has 1 aliphatic heterocycles. The minimum atomic E-state index is 0.123. The van der Waals surface area contributed by atoms with Crippen molar-refractivity contribution < 1.29 is 4.79 Å². The zero-order valence-electron chi connectivity index (χ0n) is 11.3. The third-order valence-corrected chi connectivity index (χ3v) is 4.11. The van der Waals surface area contributed by atoms with Gasteiger partial charge in [0.2, 0.25) is 0 Å². The molecule has 0 bridgehead atoms. The first kappa shape index (κ1) is 12.5. The van der Waals surface area contributed by atoms with Gasteiger partial charge < -0.3 is 10.2 Å². The summed E-state index contributed by atoms with van der Waals surface area (Å²) >= 11 is 0. The number of carbonyl (C=O) groups is 1. The molecule has 102 valence electrons. The number of carbonyl (C=O) groups excluding carboxylic acids is 1. The quantitative estimate of drug-likeness (QED) is 0.907. The van der Waals surface area contributed by atoms with E-state index < -0.39 is 0 Å². The second-order valence-corrected chi connectivity index (χ2v) is 5.56. The monoisotopic (exact) mass is 259 g/mol. The van der Waals surface area contributed by atoms with Crippen LogP contribution >= 0.6 is 0 Å². The number of aromatic nitrogens is 1. The van der Waals surface area contributed by atoms with E-state index in [-0.39, 0.29) is 5.91 Å². The van der Waals surface area contributed by atoms with Crippen molar-refractivity contribution in [2.45, 2.75) is 44.6 Å². The second kappa shape index (κ2) is 5.59. The lowest BCUT2D eigenvalue weighted by atomic mass is 10.2. The summed E-state index contributed by atoms with van der Waals surface area (Å²) in [5.41, 5.74) is 0.707. The van der Waals surface area contributed by atoms with Crippen LogP contribution in [-0.4, -0.2) is 34.9 Å². The molecule has 4 heteroatoms. The zero-order valence-corrected chi connectivity index (χ0v) is 11.3. The minimum Gasteiger partial charge on any atom is -0.367 e. The second-order valence-electron chi connectivity index (χ2n) is 5.56. The van der Waals surface area contributed by atoms with Crippen LogP contribution in [0.25, 0.3) is 0 Å². The fourth-order valence-corrected chi connectivity index (χ4v) is 2.99. The fraction of sp³-hybridized carbons (Fsp3) is 0.600. The van der Waals surface area contributed by atoms with Crippen LogP contribution in [0.5, 0.6) is 0 Å². The number of hydrogen-bond donors (Lipinski definition) is 1. The maximum atomic E-state index is 12.2. The molecule has 1 amide bonds. The number of hydrogen-bond acceptors (Lipinski definition) is 3. The highest BCUT2D eigenvalue weighted by Gasteiger charge is 2.20. The zero-order chi connectivity index (χ0) is 13.1. The SMILES string of the molecule is O=C(c1ccc(NC2CCCC2)nc1)N1CCCC1. The highest BCUT2D eigenvalue weighted by Crippen LogP contribution is 2.21. The van der Waals surface area contributed by atoms with Crippen LogP contribution in [-0.2, 0) is 0 Å². The lowest BCUT2D eigenvalue weighted by Gasteiger charge is -2.16. The van der Waals surface area contributed by atoms with Gasteiger partial charge in [0.1, 0.15) is 5.82 Å². The lowest BCUT2D eigenvalue weighted by molar-refractivity contribution is 0.0792. The predicted molar refractivity (Wildman–Crippen MR) is 75.3 cm³/mol. The summed E-state index contributed by atoms with van der Waals surface area (Å²) in [6.07, 6.45) is 9.04. The molecule has 0 unspecified atom stereocenters. The van der Waals surface area contributed by atoms with Crippen LogP contribution in [0.4, 0.5) is 5.82 Å². The van der Waals surface area contributed by atoms with Crippen LogP contribution < -0.4 is 5.32 Å². The van der Waals surface area contributed by atoms with Crippen LogP contribution in [0.1, 0.15) is 48.9 Å². The number of anilines is 1. The van der Waals surface area contributed by atoms with Crippen molar-refractivity contribution in [3.05, 3.63) is 23.9 Å². The molecule has 0 aromatic carbocycles. The molecule has 2 heterocycles. The fourth-order valence-electron chi connectivity index (χ4n) is 2.99. The summed E-state index contributed by atoms with van der Waals surface area (Å²) in [5.74, 6) is 1.02. The molecule has 1 saturated heterocycles. The molecule has 19 heavy (non-hydrogen) atoms. The Morgan fingerprint density at radius 1 is 1.16 bits per heavy atom. The van der Waals surface area contributed by atoms with Crippen LogP contribution in [0.2, 0.25) is 0 Å². The number of pyridine rings is 1. The Hall–Kier alpha value is -1.58. The number of rotatable bonds is 3. The van der Waals surface area contributed by atoms with Crippen molar-refractivity contribution in [1.29, 1.82) is 0 Å². The molecule has 4 nitrogen and oxygen atoms in total. The van der Waals surface area contributed by atoms with Crippen molar-refractivity contribution >= 4 is 11.7 Å². The van der Waals surface area contributed by atoms with Crippen LogP contribution in [0.15, 0.2) is 18.3 Å². The van der Waals surface area contributed by atoms with Crippen LogP contribution in [0, 0.1) is 0 Å². The highest BCUT2D eigenvalue weighted by molar-refractivity contribution is 5.94.